The predicted molar refractivity (Wildman–Crippen MR) is 134 cm³/mol. The maximum Gasteiger partial charge on any atom is 0.337 e. The fraction of sp³-hybridized carbons (Fsp3) is 0.179. The van der Waals surface area contributed by atoms with Crippen LogP contribution in [0.25, 0.3) is 11.0 Å². The van der Waals surface area contributed by atoms with Gasteiger partial charge in [-0.25, -0.2) is 4.79 Å². The van der Waals surface area contributed by atoms with Gasteiger partial charge in [0.05, 0.1) is 17.0 Å². The van der Waals surface area contributed by atoms with E-state index in [9.17, 15) is 20.0 Å². The smallest absolute Gasteiger partial charge is 0.337 e. The van der Waals surface area contributed by atoms with Crippen LogP contribution in [0.3, 0.4) is 0 Å². The van der Waals surface area contributed by atoms with Crippen LogP contribution in [0.1, 0.15) is 51.1 Å². The molecule has 7 nitrogen and oxygen atoms in total. The predicted octanol–water partition coefficient (Wildman–Crippen LogP) is 5.36. The minimum absolute atomic E-state index is 0.0151. The monoisotopic (exact) mass is 465 g/mol. The maximum atomic E-state index is 13.4. The number of fused-ring (bicyclic) bond motifs is 2. The Bertz CT molecular complexity index is 1560. The Morgan fingerprint density at radius 1 is 1.11 bits per heavy atom. The zero-order chi connectivity index (χ0) is 24.7. The van der Waals surface area contributed by atoms with E-state index in [0.29, 0.717) is 35.3 Å². The van der Waals surface area contributed by atoms with E-state index in [1.807, 2.05) is 49.1 Å². The van der Waals surface area contributed by atoms with Gasteiger partial charge in [0.25, 0.3) is 0 Å². The maximum absolute atomic E-state index is 13.4. The van der Waals surface area contributed by atoms with Gasteiger partial charge in [-0.3, -0.25) is 4.79 Å². The lowest BCUT2D eigenvalue weighted by molar-refractivity contribution is 0.0698. The molecule has 2 heterocycles. The van der Waals surface area contributed by atoms with Crippen molar-refractivity contribution in [3.8, 4) is 6.07 Å². The fourth-order valence-corrected chi connectivity index (χ4v) is 4.69. The summed E-state index contributed by atoms with van der Waals surface area (Å²) >= 11 is 0. The topological polar surface area (TPSA) is 107 Å². The molecule has 1 unspecified atom stereocenters. The van der Waals surface area contributed by atoms with Crippen LogP contribution in [0, 0.1) is 18.3 Å². The summed E-state index contributed by atoms with van der Waals surface area (Å²) in [5.41, 5.74) is 4.42. The second kappa shape index (κ2) is 8.65. The van der Waals surface area contributed by atoms with Gasteiger partial charge in [-0.2, -0.15) is 5.26 Å². The van der Waals surface area contributed by atoms with Crippen LogP contribution in [0.2, 0.25) is 0 Å². The van der Waals surface area contributed by atoms with Gasteiger partial charge >= 0.3 is 5.97 Å². The van der Waals surface area contributed by atoms with Gasteiger partial charge in [0.1, 0.15) is 11.7 Å². The molecule has 0 bridgehead atoms. The average molecular weight is 466 g/mol. The highest BCUT2D eigenvalue weighted by Crippen LogP contribution is 2.35. The van der Waals surface area contributed by atoms with Crippen LogP contribution in [0.5, 0.6) is 0 Å². The third kappa shape index (κ3) is 3.89. The van der Waals surface area contributed by atoms with Crippen molar-refractivity contribution in [1.82, 2.24) is 0 Å². The minimum Gasteiger partial charge on any atom is -0.478 e. The van der Waals surface area contributed by atoms with Crippen LogP contribution < -0.4 is 15.6 Å². The van der Waals surface area contributed by atoms with E-state index in [-0.39, 0.29) is 28.5 Å². The summed E-state index contributed by atoms with van der Waals surface area (Å²) in [6, 6.07) is 20.0. The Balaban J connectivity index is 1.64. The molecule has 1 aliphatic rings. The molecule has 0 saturated carbocycles. The van der Waals surface area contributed by atoms with Crippen LogP contribution >= 0.6 is 0 Å². The zero-order valence-corrected chi connectivity index (χ0v) is 19.3. The molecule has 1 atom stereocenters. The fourth-order valence-electron chi connectivity index (χ4n) is 4.69. The van der Waals surface area contributed by atoms with Crippen molar-refractivity contribution in [2.24, 2.45) is 0 Å². The van der Waals surface area contributed by atoms with E-state index in [4.69, 9.17) is 4.42 Å². The Kier molecular flexibility index (Phi) is 5.50. The summed E-state index contributed by atoms with van der Waals surface area (Å²) < 4.78 is 6.35. The molecule has 35 heavy (non-hydrogen) atoms. The first-order valence-electron chi connectivity index (χ1n) is 11.3. The van der Waals surface area contributed by atoms with Crippen molar-refractivity contribution in [2.45, 2.75) is 33.0 Å². The number of hydrogen-bond acceptors (Lipinski definition) is 6. The molecule has 3 aromatic carbocycles. The van der Waals surface area contributed by atoms with Crippen molar-refractivity contribution >= 4 is 28.5 Å². The second-order valence-electron chi connectivity index (χ2n) is 8.80. The molecule has 4 aromatic rings. The number of carbonyl (C=O) groups is 1. The van der Waals surface area contributed by atoms with Gasteiger partial charge in [-0.1, -0.05) is 42.5 Å². The van der Waals surface area contributed by atoms with E-state index in [0.717, 1.165) is 16.7 Å². The number of hydrogen-bond donors (Lipinski definition) is 2. The normalized spacial score (nSPS) is 13.3. The van der Waals surface area contributed by atoms with Gasteiger partial charge in [-0.15, -0.1) is 0 Å². The number of aromatic carboxylic acids is 1. The Labute approximate surface area is 201 Å². The molecule has 7 heteroatoms. The lowest BCUT2D eigenvalue weighted by atomic mass is 10.00. The van der Waals surface area contributed by atoms with Crippen molar-refractivity contribution in [3.63, 3.8) is 0 Å². The molecule has 0 saturated heterocycles. The number of nitrogens with zero attached hydrogens (tertiary/aromatic N) is 2. The summed E-state index contributed by atoms with van der Waals surface area (Å²) in [6.45, 7) is 4.84. The number of nitrogens with one attached hydrogen (secondary N) is 1. The SMILES string of the molecule is Cc1cc(C(C)Nc2ccccc2C(=O)O)c2oc(N3Cc4ccccc4C3)c(C#N)c(=O)c2c1. The highest BCUT2D eigenvalue weighted by molar-refractivity contribution is 5.94. The van der Waals surface area contributed by atoms with Crippen LogP contribution in [-0.4, -0.2) is 11.1 Å². The van der Waals surface area contributed by atoms with Crippen molar-refractivity contribution in [3.05, 3.63) is 104 Å². The van der Waals surface area contributed by atoms with Gasteiger partial charge in [0.2, 0.25) is 11.3 Å². The van der Waals surface area contributed by atoms with Gasteiger partial charge in [0.15, 0.2) is 5.56 Å². The molecule has 1 aliphatic heterocycles. The quantitative estimate of drug-likeness (QED) is 0.408. The minimum atomic E-state index is -1.03. The molecular formula is C28H23N3O4. The molecule has 2 N–H and O–H groups in total. The number of aryl methyl sites for hydroxylation is 1. The second-order valence-corrected chi connectivity index (χ2v) is 8.80. The average Bonchev–Trinajstić information content (AvgIpc) is 3.28. The summed E-state index contributed by atoms with van der Waals surface area (Å²) in [6.07, 6.45) is 0. The highest BCUT2D eigenvalue weighted by Gasteiger charge is 2.27. The Morgan fingerprint density at radius 3 is 2.43 bits per heavy atom. The summed E-state index contributed by atoms with van der Waals surface area (Å²) in [7, 11) is 0. The van der Waals surface area contributed by atoms with Gasteiger partial charge in [-0.05, 0) is 48.7 Å². The van der Waals surface area contributed by atoms with E-state index < -0.39 is 5.97 Å². The molecule has 174 valence electrons. The summed E-state index contributed by atoms with van der Waals surface area (Å²) in [4.78, 5) is 27.0. The molecule has 0 fully saturated rings. The van der Waals surface area contributed by atoms with Gasteiger partial charge < -0.3 is 19.7 Å². The molecule has 0 spiro atoms. The van der Waals surface area contributed by atoms with Crippen LogP contribution in [-0.2, 0) is 13.1 Å². The third-order valence-corrected chi connectivity index (χ3v) is 6.38. The molecule has 0 aliphatic carbocycles. The van der Waals surface area contributed by atoms with Crippen molar-refractivity contribution in [1.29, 1.82) is 5.26 Å². The van der Waals surface area contributed by atoms with Crippen LogP contribution in [0.15, 0.2) is 69.9 Å². The lowest BCUT2D eigenvalue weighted by Gasteiger charge is -2.21. The number of benzene rings is 3. The third-order valence-electron chi connectivity index (χ3n) is 6.38. The number of para-hydroxylation sites is 1. The molecule has 1 aromatic heterocycles. The van der Waals surface area contributed by atoms with E-state index >= 15 is 0 Å². The van der Waals surface area contributed by atoms with Crippen molar-refractivity contribution in [2.75, 3.05) is 10.2 Å². The first-order chi connectivity index (χ1) is 16.9. The highest BCUT2D eigenvalue weighted by atomic mass is 16.4. The summed E-state index contributed by atoms with van der Waals surface area (Å²) in [5.74, 6) is -0.778. The zero-order valence-electron chi connectivity index (χ0n) is 19.3. The van der Waals surface area contributed by atoms with Crippen LogP contribution in [0.4, 0.5) is 11.6 Å². The summed E-state index contributed by atoms with van der Waals surface area (Å²) in [5, 5.41) is 23.0. The lowest BCUT2D eigenvalue weighted by Crippen LogP contribution is -2.21. The number of carboxylic acid groups (broad SMARTS) is 1. The number of anilines is 2. The Hall–Kier alpha value is -4.57. The van der Waals surface area contributed by atoms with Crippen molar-refractivity contribution < 1.29 is 14.3 Å². The largest absolute Gasteiger partial charge is 0.478 e. The molecular weight excluding hydrogens is 442 g/mol. The molecule has 5 rings (SSSR count). The number of carboxylic acids is 1. The first kappa shape index (κ1) is 22.2. The van der Waals surface area contributed by atoms with Gasteiger partial charge in [0, 0.05) is 24.3 Å². The number of rotatable bonds is 5. The molecule has 0 amide bonds. The van der Waals surface area contributed by atoms with E-state index in [2.05, 4.69) is 11.4 Å². The standard InChI is InChI=1S/C28H23N3O4/c1-16-11-21(17(2)30-24-10-6-5-9-20(24)28(33)34)26-22(12-16)25(32)23(13-29)27(35-26)31-14-18-7-3-4-8-19(18)15-31/h3-12,17,30H,14-15H2,1-2H3,(H,33,34). The van der Waals surface area contributed by atoms with E-state index in [1.54, 1.807) is 24.3 Å². The van der Waals surface area contributed by atoms with E-state index in [1.165, 1.54) is 6.07 Å². The Morgan fingerprint density at radius 2 is 1.77 bits per heavy atom. The number of nitriles is 1. The molecule has 0 radical (unpaired) electrons. The first-order valence-corrected chi connectivity index (χ1v) is 11.3.